The fraction of sp³-hybridized carbons (Fsp3) is 0.700. The minimum absolute atomic E-state index is 0. The molecule has 1 amide bonds. The topological polar surface area (TPSA) is 69.7 Å². The highest BCUT2D eigenvalue weighted by molar-refractivity contribution is 5.85. The van der Waals surface area contributed by atoms with Crippen molar-refractivity contribution in [2.24, 2.45) is 5.41 Å². The molecule has 1 aromatic rings. The summed E-state index contributed by atoms with van der Waals surface area (Å²) in [6, 6.07) is 6.02. The van der Waals surface area contributed by atoms with Gasteiger partial charge in [-0.25, -0.2) is 4.98 Å². The minimum atomic E-state index is 0. The minimum Gasteiger partial charge on any atom is -0.384 e. The van der Waals surface area contributed by atoms with E-state index in [2.05, 4.69) is 31.5 Å². The third-order valence-electron chi connectivity index (χ3n) is 5.78. The maximum absolute atomic E-state index is 12.3. The normalized spacial score (nSPS) is 19.0. The Hall–Kier alpha value is -1.12. The summed E-state index contributed by atoms with van der Waals surface area (Å²) in [7, 11) is 1.75. The molecule has 0 radical (unpaired) electrons. The summed E-state index contributed by atoms with van der Waals surface area (Å²) in [6.45, 7) is 8.12. The number of nitrogens with one attached hydrogen (secondary N) is 2. The van der Waals surface area contributed by atoms with Gasteiger partial charge in [0.25, 0.3) is 0 Å². The average Bonchev–Trinajstić information content (AvgIpc) is 2.73. The number of piperidine rings is 1. The zero-order valence-corrected chi connectivity index (χ0v) is 18.9. The second kappa shape index (κ2) is 13.2. The van der Waals surface area contributed by atoms with Crippen LogP contribution in [0.25, 0.3) is 0 Å². The van der Waals surface area contributed by atoms with Gasteiger partial charge in [-0.15, -0.1) is 24.8 Å². The lowest BCUT2D eigenvalue weighted by Crippen LogP contribution is -2.49. The number of methoxy groups -OCH3 is 1. The summed E-state index contributed by atoms with van der Waals surface area (Å²) in [5.74, 6) is 1.19. The van der Waals surface area contributed by atoms with E-state index in [0.717, 1.165) is 71.0 Å². The van der Waals surface area contributed by atoms with Crippen LogP contribution in [0.3, 0.4) is 0 Å². The van der Waals surface area contributed by atoms with Gasteiger partial charge in [-0.2, -0.15) is 0 Å². The van der Waals surface area contributed by atoms with Crippen molar-refractivity contribution >= 4 is 36.5 Å². The fourth-order valence-corrected chi connectivity index (χ4v) is 4.01. The molecule has 2 aliphatic rings. The second-order valence-electron chi connectivity index (χ2n) is 7.73. The Balaban J connectivity index is 0.00000210. The molecule has 3 rings (SSSR count). The molecule has 0 unspecified atom stereocenters. The van der Waals surface area contributed by atoms with Crippen LogP contribution in [-0.2, 0) is 9.53 Å². The van der Waals surface area contributed by atoms with Gasteiger partial charge in [0.1, 0.15) is 5.82 Å². The molecule has 0 atom stereocenters. The maximum Gasteiger partial charge on any atom is 0.221 e. The Morgan fingerprint density at radius 2 is 1.93 bits per heavy atom. The summed E-state index contributed by atoms with van der Waals surface area (Å²) in [5, 5.41) is 6.54. The van der Waals surface area contributed by atoms with E-state index in [1.165, 1.54) is 0 Å². The number of rotatable bonds is 8. The molecule has 0 aromatic carbocycles. The molecule has 2 saturated heterocycles. The van der Waals surface area contributed by atoms with Gasteiger partial charge in [0.15, 0.2) is 0 Å². The number of carbonyl (C=O) groups excluding carboxylic acids is 1. The molecule has 29 heavy (non-hydrogen) atoms. The lowest BCUT2D eigenvalue weighted by atomic mass is 9.79. The number of piperazine rings is 1. The average molecular weight is 448 g/mol. The molecule has 1 aromatic heterocycles. The van der Waals surface area contributed by atoms with Gasteiger partial charge in [0, 0.05) is 64.4 Å². The molecule has 3 heterocycles. The molecule has 166 valence electrons. The van der Waals surface area contributed by atoms with Crippen LogP contribution in [0.1, 0.15) is 19.3 Å². The number of anilines is 1. The molecule has 9 heteroatoms. The van der Waals surface area contributed by atoms with Crippen LogP contribution in [0.2, 0.25) is 0 Å². The van der Waals surface area contributed by atoms with E-state index < -0.39 is 0 Å². The van der Waals surface area contributed by atoms with Crippen molar-refractivity contribution in [3.8, 4) is 0 Å². The van der Waals surface area contributed by atoms with Crippen LogP contribution >= 0.6 is 24.8 Å². The number of pyridine rings is 1. The van der Waals surface area contributed by atoms with E-state index in [4.69, 9.17) is 4.74 Å². The van der Waals surface area contributed by atoms with Crippen LogP contribution in [0.4, 0.5) is 5.82 Å². The van der Waals surface area contributed by atoms with E-state index in [1.807, 2.05) is 18.3 Å². The fourth-order valence-electron chi connectivity index (χ4n) is 4.01. The Morgan fingerprint density at radius 1 is 1.21 bits per heavy atom. The number of amides is 1. The first kappa shape index (κ1) is 25.9. The van der Waals surface area contributed by atoms with Gasteiger partial charge in [-0.05, 0) is 38.1 Å². The summed E-state index contributed by atoms with van der Waals surface area (Å²) in [5.41, 5.74) is 0.0873. The number of ether oxygens (including phenoxy) is 1. The summed E-state index contributed by atoms with van der Waals surface area (Å²) >= 11 is 0. The standard InChI is InChI=1S/C20H33N5O2.2ClH/c1-27-17-20(6-9-21-10-7-20)16-23-19(26)5-11-24-12-14-25(15-13-24)18-4-2-3-8-22-18;;/h2-4,8,21H,5-7,9-17H2,1H3,(H,23,26);2*1H. The monoisotopic (exact) mass is 447 g/mol. The van der Waals surface area contributed by atoms with Gasteiger partial charge in [0.05, 0.1) is 6.61 Å². The Kier molecular flexibility index (Phi) is 11.8. The highest BCUT2D eigenvalue weighted by Crippen LogP contribution is 2.28. The summed E-state index contributed by atoms with van der Waals surface area (Å²) in [4.78, 5) is 21.4. The van der Waals surface area contributed by atoms with Crippen LogP contribution in [-0.4, -0.2) is 81.9 Å². The van der Waals surface area contributed by atoms with Gasteiger partial charge in [0.2, 0.25) is 5.91 Å². The van der Waals surface area contributed by atoms with Crippen LogP contribution in [0.5, 0.6) is 0 Å². The molecule has 0 aliphatic carbocycles. The number of hydrogen-bond donors (Lipinski definition) is 2. The number of aromatic nitrogens is 1. The number of nitrogens with zero attached hydrogens (tertiary/aromatic N) is 3. The van der Waals surface area contributed by atoms with E-state index in [0.29, 0.717) is 13.0 Å². The van der Waals surface area contributed by atoms with Gasteiger partial charge < -0.3 is 20.3 Å². The molecular weight excluding hydrogens is 413 g/mol. The molecule has 0 saturated carbocycles. The largest absolute Gasteiger partial charge is 0.384 e. The van der Waals surface area contributed by atoms with Crippen molar-refractivity contribution < 1.29 is 9.53 Å². The van der Waals surface area contributed by atoms with E-state index in [-0.39, 0.29) is 36.1 Å². The predicted molar refractivity (Wildman–Crippen MR) is 121 cm³/mol. The third-order valence-corrected chi connectivity index (χ3v) is 5.78. The summed E-state index contributed by atoms with van der Waals surface area (Å²) in [6.07, 6.45) is 4.50. The smallest absolute Gasteiger partial charge is 0.221 e. The third kappa shape index (κ3) is 7.90. The number of hydrogen-bond acceptors (Lipinski definition) is 6. The van der Waals surface area contributed by atoms with Crippen LogP contribution < -0.4 is 15.5 Å². The van der Waals surface area contributed by atoms with E-state index in [1.54, 1.807) is 7.11 Å². The SMILES string of the molecule is COCC1(CNC(=O)CCN2CCN(c3ccccn3)CC2)CCNCC1.Cl.Cl. The zero-order chi connectivity index (χ0) is 19.0. The highest BCUT2D eigenvalue weighted by Gasteiger charge is 2.32. The van der Waals surface area contributed by atoms with Gasteiger partial charge in [-0.1, -0.05) is 6.07 Å². The first-order valence-corrected chi connectivity index (χ1v) is 10.1. The highest BCUT2D eigenvalue weighted by atomic mass is 35.5. The number of carbonyl (C=O) groups is 1. The van der Waals surface area contributed by atoms with Crippen molar-refractivity contribution in [3.05, 3.63) is 24.4 Å². The Bertz CT molecular complexity index is 574. The molecule has 0 bridgehead atoms. The number of halogens is 2. The quantitative estimate of drug-likeness (QED) is 0.630. The van der Waals surface area contributed by atoms with Crippen LogP contribution in [0.15, 0.2) is 24.4 Å². The van der Waals surface area contributed by atoms with Gasteiger partial charge >= 0.3 is 0 Å². The Labute approximate surface area is 186 Å². The molecule has 2 N–H and O–H groups in total. The van der Waals surface area contributed by atoms with Crippen LogP contribution in [0, 0.1) is 5.41 Å². The van der Waals surface area contributed by atoms with Gasteiger partial charge in [-0.3, -0.25) is 9.69 Å². The first-order valence-electron chi connectivity index (χ1n) is 10.1. The zero-order valence-electron chi connectivity index (χ0n) is 17.3. The molecular formula is C20H35Cl2N5O2. The molecule has 2 aliphatic heterocycles. The summed E-state index contributed by atoms with van der Waals surface area (Å²) < 4.78 is 5.42. The lowest BCUT2D eigenvalue weighted by Gasteiger charge is -2.37. The molecule has 7 nitrogen and oxygen atoms in total. The van der Waals surface area contributed by atoms with E-state index >= 15 is 0 Å². The van der Waals surface area contributed by atoms with Crippen molar-refractivity contribution in [2.45, 2.75) is 19.3 Å². The molecule has 2 fully saturated rings. The maximum atomic E-state index is 12.3. The van der Waals surface area contributed by atoms with Crippen molar-refractivity contribution in [1.82, 2.24) is 20.5 Å². The molecule has 0 spiro atoms. The van der Waals surface area contributed by atoms with Crippen molar-refractivity contribution in [1.29, 1.82) is 0 Å². The van der Waals surface area contributed by atoms with Crippen molar-refractivity contribution in [3.63, 3.8) is 0 Å². The van der Waals surface area contributed by atoms with Crippen molar-refractivity contribution in [2.75, 3.05) is 71.0 Å². The predicted octanol–water partition coefficient (Wildman–Crippen LogP) is 1.57. The lowest BCUT2D eigenvalue weighted by molar-refractivity contribution is -0.122. The Morgan fingerprint density at radius 3 is 2.55 bits per heavy atom. The van der Waals surface area contributed by atoms with E-state index in [9.17, 15) is 4.79 Å². The first-order chi connectivity index (χ1) is 13.2. The second-order valence-corrected chi connectivity index (χ2v) is 7.73.